The van der Waals surface area contributed by atoms with E-state index in [9.17, 15) is 14.7 Å². The van der Waals surface area contributed by atoms with Crippen LogP contribution in [0.3, 0.4) is 0 Å². The Morgan fingerprint density at radius 3 is 2.95 bits per heavy atom. The van der Waals surface area contributed by atoms with Crippen LogP contribution in [0.15, 0.2) is 15.6 Å². The number of aliphatic carboxylic acids is 1. The Kier molecular flexibility index (Phi) is 5.96. The minimum Gasteiger partial charge on any atom is -0.477 e. The Labute approximate surface area is 132 Å². The monoisotopic (exact) mass is 326 g/mol. The number of fused-ring (bicyclic) bond motifs is 1. The molecule has 0 aromatic rings. The number of carbonyl (C=O) groups is 2. The molecule has 0 aromatic carbocycles. The summed E-state index contributed by atoms with van der Waals surface area (Å²) in [5.74, 6) is -1.56. The number of nitriles is 1. The first-order valence-electron chi connectivity index (χ1n) is 6.54. The van der Waals surface area contributed by atoms with Crippen molar-refractivity contribution in [3.05, 3.63) is 10.6 Å². The topological polar surface area (TPSA) is 151 Å². The largest absolute Gasteiger partial charge is 0.477 e. The van der Waals surface area contributed by atoms with Gasteiger partial charge < -0.3 is 21.2 Å². The SMILES string of the molecule is C[C@@H](C#N)[C@@H]1C(=O)N2C(C(=O)O)=C(SCCN=CN)C[C@H]12.O. The van der Waals surface area contributed by atoms with Crippen LogP contribution < -0.4 is 5.73 Å². The number of hydrogen-bond acceptors (Lipinski definition) is 5. The molecule has 5 N–H and O–H groups in total. The van der Waals surface area contributed by atoms with E-state index in [1.807, 2.05) is 0 Å². The molecule has 8 nitrogen and oxygen atoms in total. The fourth-order valence-electron chi connectivity index (χ4n) is 2.76. The number of aliphatic imine (C=N–C) groups is 1. The summed E-state index contributed by atoms with van der Waals surface area (Å²) in [4.78, 5) is 29.4. The van der Waals surface area contributed by atoms with Gasteiger partial charge in [-0.2, -0.15) is 5.26 Å². The maximum Gasteiger partial charge on any atom is 0.353 e. The number of carbonyl (C=O) groups excluding carboxylic acids is 1. The van der Waals surface area contributed by atoms with Gasteiger partial charge in [0.25, 0.3) is 0 Å². The van der Waals surface area contributed by atoms with Crippen LogP contribution in [0.25, 0.3) is 0 Å². The van der Waals surface area contributed by atoms with Crippen molar-refractivity contribution in [1.82, 2.24) is 4.90 Å². The highest BCUT2D eigenvalue weighted by molar-refractivity contribution is 8.03. The van der Waals surface area contributed by atoms with Crippen LogP contribution >= 0.6 is 11.8 Å². The van der Waals surface area contributed by atoms with Gasteiger partial charge >= 0.3 is 5.97 Å². The van der Waals surface area contributed by atoms with Gasteiger partial charge in [0.05, 0.1) is 36.8 Å². The van der Waals surface area contributed by atoms with Crippen molar-refractivity contribution in [3.8, 4) is 6.07 Å². The van der Waals surface area contributed by atoms with Gasteiger partial charge in [-0.05, 0) is 6.92 Å². The summed E-state index contributed by atoms with van der Waals surface area (Å²) in [6, 6.07) is 1.88. The maximum atomic E-state index is 12.1. The van der Waals surface area contributed by atoms with E-state index in [0.29, 0.717) is 23.6 Å². The fraction of sp³-hybridized carbons (Fsp3) is 0.538. The molecule has 0 aliphatic carbocycles. The second-order valence-electron chi connectivity index (χ2n) is 4.90. The third-order valence-corrected chi connectivity index (χ3v) is 4.81. The molecular weight excluding hydrogens is 308 g/mol. The van der Waals surface area contributed by atoms with Crippen molar-refractivity contribution in [3.63, 3.8) is 0 Å². The lowest BCUT2D eigenvalue weighted by atomic mass is 9.79. The van der Waals surface area contributed by atoms with Gasteiger partial charge in [0.15, 0.2) is 0 Å². The van der Waals surface area contributed by atoms with Gasteiger partial charge in [0.2, 0.25) is 5.91 Å². The third-order valence-electron chi connectivity index (χ3n) is 3.72. The number of carboxylic acid groups (broad SMARTS) is 1. The molecule has 120 valence electrons. The lowest BCUT2D eigenvalue weighted by Gasteiger charge is -2.44. The molecule has 22 heavy (non-hydrogen) atoms. The first kappa shape index (κ1) is 18.0. The quantitative estimate of drug-likeness (QED) is 0.292. The molecule has 0 bridgehead atoms. The molecule has 0 saturated carbocycles. The summed E-state index contributed by atoms with van der Waals surface area (Å²) >= 11 is 1.38. The Morgan fingerprint density at radius 2 is 2.41 bits per heavy atom. The van der Waals surface area contributed by atoms with E-state index in [0.717, 1.165) is 0 Å². The molecule has 0 unspecified atom stereocenters. The fourth-order valence-corrected chi connectivity index (χ4v) is 3.81. The molecule has 2 aliphatic rings. The summed E-state index contributed by atoms with van der Waals surface area (Å²) in [7, 11) is 0. The van der Waals surface area contributed by atoms with E-state index in [4.69, 9.17) is 11.0 Å². The molecule has 2 heterocycles. The van der Waals surface area contributed by atoms with Crippen molar-refractivity contribution in [2.45, 2.75) is 19.4 Å². The predicted molar refractivity (Wildman–Crippen MR) is 81.8 cm³/mol. The van der Waals surface area contributed by atoms with Crippen molar-refractivity contribution >= 4 is 30.0 Å². The zero-order chi connectivity index (χ0) is 15.6. The molecule has 1 amide bonds. The van der Waals surface area contributed by atoms with E-state index < -0.39 is 17.8 Å². The van der Waals surface area contributed by atoms with Gasteiger partial charge in [-0.15, -0.1) is 11.8 Å². The lowest BCUT2D eigenvalue weighted by molar-refractivity contribution is -0.156. The summed E-state index contributed by atoms with van der Waals surface area (Å²) in [6.07, 6.45) is 1.71. The van der Waals surface area contributed by atoms with Crippen molar-refractivity contribution < 1.29 is 20.2 Å². The van der Waals surface area contributed by atoms with Crippen LogP contribution in [-0.2, 0) is 9.59 Å². The van der Waals surface area contributed by atoms with Gasteiger partial charge in [0.1, 0.15) is 5.70 Å². The van der Waals surface area contributed by atoms with Crippen LogP contribution in [0, 0.1) is 23.2 Å². The number of nitrogens with two attached hydrogens (primary N) is 1. The number of carboxylic acids is 1. The normalized spacial score (nSPS) is 24.5. The van der Waals surface area contributed by atoms with Crippen molar-refractivity contribution in [2.24, 2.45) is 22.6 Å². The van der Waals surface area contributed by atoms with E-state index >= 15 is 0 Å². The van der Waals surface area contributed by atoms with Crippen LogP contribution in [0.1, 0.15) is 13.3 Å². The Morgan fingerprint density at radius 1 is 1.73 bits per heavy atom. The Balaban J connectivity index is 0.00000242. The molecular formula is C13H18N4O4S. The van der Waals surface area contributed by atoms with E-state index in [2.05, 4.69) is 11.1 Å². The van der Waals surface area contributed by atoms with E-state index in [1.165, 1.54) is 23.0 Å². The Bertz CT molecular complexity index is 569. The second kappa shape index (κ2) is 7.29. The smallest absolute Gasteiger partial charge is 0.353 e. The minimum absolute atomic E-state index is 0. The van der Waals surface area contributed by atoms with Crippen LogP contribution in [-0.4, -0.2) is 52.0 Å². The van der Waals surface area contributed by atoms with Gasteiger partial charge in [-0.1, -0.05) is 0 Å². The number of thioether (sulfide) groups is 1. The lowest BCUT2D eigenvalue weighted by Crippen LogP contribution is -2.60. The van der Waals surface area contributed by atoms with Crippen molar-refractivity contribution in [1.29, 1.82) is 5.26 Å². The zero-order valence-corrected chi connectivity index (χ0v) is 12.8. The van der Waals surface area contributed by atoms with Crippen molar-refractivity contribution in [2.75, 3.05) is 12.3 Å². The minimum atomic E-state index is -1.10. The molecule has 0 spiro atoms. The highest BCUT2D eigenvalue weighted by Gasteiger charge is 2.56. The summed E-state index contributed by atoms with van der Waals surface area (Å²) < 4.78 is 0. The molecule has 1 saturated heterocycles. The van der Waals surface area contributed by atoms with Gasteiger partial charge in [-0.3, -0.25) is 9.79 Å². The number of hydrogen-bond donors (Lipinski definition) is 2. The van der Waals surface area contributed by atoms with Crippen LogP contribution in [0.4, 0.5) is 0 Å². The average Bonchev–Trinajstić information content (AvgIpc) is 2.78. The second-order valence-corrected chi connectivity index (χ2v) is 6.09. The molecule has 1 fully saturated rings. The number of amides is 1. The number of β-lactam (4-membered cyclic amide) rings is 1. The van der Waals surface area contributed by atoms with E-state index in [1.54, 1.807) is 6.92 Å². The average molecular weight is 326 g/mol. The summed E-state index contributed by atoms with van der Waals surface area (Å²) in [5.41, 5.74) is 5.21. The standard InChI is InChI=1S/C13H16N4O3S.H2O/c1-7(5-14)10-8-4-9(21-3-2-16-6-15)11(13(19)20)17(8)12(10)18;/h6-8,10H,2-4H2,1H3,(H2,15,16)(H,19,20);1H2/t7-,8+,10-;/m0./s1. The molecule has 2 aliphatic heterocycles. The van der Waals surface area contributed by atoms with E-state index in [-0.39, 0.29) is 23.1 Å². The first-order chi connectivity index (χ1) is 10.0. The summed E-state index contributed by atoms with van der Waals surface area (Å²) in [6.45, 7) is 2.19. The maximum absolute atomic E-state index is 12.1. The molecule has 3 atom stereocenters. The Hall–Kier alpha value is -2.05. The molecule has 9 heteroatoms. The van der Waals surface area contributed by atoms with Gasteiger partial charge in [-0.25, -0.2) is 4.79 Å². The molecule has 0 radical (unpaired) electrons. The number of nitrogens with zero attached hydrogens (tertiary/aromatic N) is 3. The summed E-state index contributed by atoms with van der Waals surface area (Å²) in [5, 5.41) is 18.3. The first-order valence-corrected chi connectivity index (χ1v) is 7.53. The predicted octanol–water partition coefficient (Wildman–Crippen LogP) is -0.432. The van der Waals surface area contributed by atoms with Gasteiger partial charge in [0, 0.05) is 17.1 Å². The zero-order valence-electron chi connectivity index (χ0n) is 12.0. The van der Waals surface area contributed by atoms with Crippen LogP contribution in [0.5, 0.6) is 0 Å². The highest BCUT2D eigenvalue weighted by atomic mass is 32.2. The van der Waals surface area contributed by atoms with Crippen LogP contribution in [0.2, 0.25) is 0 Å². The molecule has 0 aromatic heterocycles. The molecule has 2 rings (SSSR count). The number of rotatable bonds is 6. The third kappa shape index (κ3) is 2.93. The highest BCUT2D eigenvalue weighted by Crippen LogP contribution is 2.48.